The van der Waals surface area contributed by atoms with Gasteiger partial charge in [0.1, 0.15) is 0 Å². The van der Waals surface area contributed by atoms with Crippen molar-refractivity contribution in [3.05, 3.63) is 23.4 Å². The molecular weight excluding hydrogens is 200 g/mol. The molecule has 0 aliphatic heterocycles. The van der Waals surface area contributed by atoms with Crippen LogP contribution in [0, 0.1) is 5.92 Å². The van der Waals surface area contributed by atoms with Crippen LogP contribution >= 0.6 is 0 Å². The van der Waals surface area contributed by atoms with Crippen molar-refractivity contribution >= 4 is 0 Å². The number of aromatic nitrogens is 1. The third kappa shape index (κ3) is 2.05. The van der Waals surface area contributed by atoms with Crippen LogP contribution in [-0.2, 0) is 6.42 Å². The Morgan fingerprint density at radius 2 is 2.38 bits per heavy atom. The van der Waals surface area contributed by atoms with Crippen LogP contribution in [0.2, 0.25) is 0 Å². The average molecular weight is 220 g/mol. The molecule has 0 aromatic carbocycles. The lowest BCUT2D eigenvalue weighted by atomic mass is 9.81. The molecular formula is C13H20N2O. The molecule has 16 heavy (non-hydrogen) atoms. The molecule has 1 aliphatic rings. The minimum absolute atomic E-state index is 0.451. The zero-order valence-corrected chi connectivity index (χ0v) is 10.3. The van der Waals surface area contributed by atoms with Crippen LogP contribution in [0.5, 0.6) is 5.88 Å². The van der Waals surface area contributed by atoms with Gasteiger partial charge in [0.15, 0.2) is 0 Å². The van der Waals surface area contributed by atoms with E-state index in [1.807, 2.05) is 6.20 Å². The molecule has 2 rings (SSSR count). The van der Waals surface area contributed by atoms with Gasteiger partial charge in [-0.3, -0.25) is 0 Å². The molecule has 0 radical (unpaired) electrons. The zero-order chi connectivity index (χ0) is 11.5. The maximum atomic E-state index is 5.17. The van der Waals surface area contributed by atoms with E-state index in [4.69, 9.17) is 4.74 Å². The molecule has 1 N–H and O–H groups in total. The van der Waals surface area contributed by atoms with Crippen LogP contribution < -0.4 is 10.1 Å². The molecule has 3 nitrogen and oxygen atoms in total. The standard InChI is InChI=1S/C13H20N2O/c1-4-14-13-9(2)5-6-10-7-12(16-3)15-8-11(10)13/h7-9,13-14H,4-6H2,1-3H3. The number of aryl methyl sites for hydroxylation is 1. The molecule has 1 aromatic heterocycles. The lowest BCUT2D eigenvalue weighted by Crippen LogP contribution is -2.31. The fourth-order valence-corrected chi connectivity index (χ4v) is 2.48. The second-order valence-electron chi connectivity index (χ2n) is 4.48. The van der Waals surface area contributed by atoms with E-state index >= 15 is 0 Å². The van der Waals surface area contributed by atoms with E-state index in [9.17, 15) is 0 Å². The van der Waals surface area contributed by atoms with Crippen molar-refractivity contribution in [3.63, 3.8) is 0 Å². The van der Waals surface area contributed by atoms with E-state index in [0.717, 1.165) is 18.8 Å². The number of pyridine rings is 1. The van der Waals surface area contributed by atoms with Gasteiger partial charge >= 0.3 is 0 Å². The van der Waals surface area contributed by atoms with E-state index < -0.39 is 0 Å². The van der Waals surface area contributed by atoms with Crippen molar-refractivity contribution in [2.45, 2.75) is 32.7 Å². The maximum Gasteiger partial charge on any atom is 0.213 e. The summed E-state index contributed by atoms with van der Waals surface area (Å²) >= 11 is 0. The van der Waals surface area contributed by atoms with Crippen LogP contribution in [0.25, 0.3) is 0 Å². The van der Waals surface area contributed by atoms with Crippen molar-refractivity contribution in [1.82, 2.24) is 10.3 Å². The van der Waals surface area contributed by atoms with Gasteiger partial charge in [0.2, 0.25) is 5.88 Å². The summed E-state index contributed by atoms with van der Waals surface area (Å²) in [5.41, 5.74) is 2.73. The summed E-state index contributed by atoms with van der Waals surface area (Å²) < 4.78 is 5.17. The molecule has 0 saturated heterocycles. The first-order valence-electron chi connectivity index (χ1n) is 6.02. The van der Waals surface area contributed by atoms with Crippen molar-refractivity contribution in [2.75, 3.05) is 13.7 Å². The fourth-order valence-electron chi connectivity index (χ4n) is 2.48. The van der Waals surface area contributed by atoms with E-state index in [-0.39, 0.29) is 0 Å². The second-order valence-corrected chi connectivity index (χ2v) is 4.48. The predicted octanol–water partition coefficient (Wildman–Crippen LogP) is 2.32. The Kier molecular flexibility index (Phi) is 3.44. The van der Waals surface area contributed by atoms with E-state index in [1.54, 1.807) is 7.11 Å². The molecule has 0 fully saturated rings. The molecule has 2 unspecified atom stereocenters. The Labute approximate surface area is 97.2 Å². The van der Waals surface area contributed by atoms with Crippen molar-refractivity contribution in [1.29, 1.82) is 0 Å². The first-order chi connectivity index (χ1) is 7.76. The molecule has 0 amide bonds. The number of nitrogens with zero attached hydrogens (tertiary/aromatic N) is 1. The van der Waals surface area contributed by atoms with Crippen LogP contribution in [0.1, 0.15) is 37.4 Å². The summed E-state index contributed by atoms with van der Waals surface area (Å²) in [5, 5.41) is 3.55. The Balaban J connectivity index is 2.32. The molecule has 88 valence electrons. The number of fused-ring (bicyclic) bond motifs is 1. The number of rotatable bonds is 3. The van der Waals surface area contributed by atoms with Crippen molar-refractivity contribution < 1.29 is 4.74 Å². The van der Waals surface area contributed by atoms with Gasteiger partial charge in [0, 0.05) is 18.3 Å². The molecule has 1 aliphatic carbocycles. The summed E-state index contributed by atoms with van der Waals surface area (Å²) in [4.78, 5) is 4.32. The molecule has 3 heteroatoms. The van der Waals surface area contributed by atoms with Gasteiger partial charge in [0.25, 0.3) is 0 Å². The van der Waals surface area contributed by atoms with Gasteiger partial charge in [-0.2, -0.15) is 0 Å². The summed E-state index contributed by atoms with van der Waals surface area (Å²) in [5.74, 6) is 1.41. The largest absolute Gasteiger partial charge is 0.481 e. The highest BCUT2D eigenvalue weighted by atomic mass is 16.5. The highest BCUT2D eigenvalue weighted by Gasteiger charge is 2.26. The average Bonchev–Trinajstić information content (AvgIpc) is 2.32. The highest BCUT2D eigenvalue weighted by molar-refractivity contribution is 5.34. The summed E-state index contributed by atoms with van der Waals surface area (Å²) in [6, 6.07) is 2.53. The van der Waals surface area contributed by atoms with Gasteiger partial charge in [0.05, 0.1) is 7.11 Å². The predicted molar refractivity (Wildman–Crippen MR) is 64.7 cm³/mol. The third-order valence-corrected chi connectivity index (χ3v) is 3.41. The first kappa shape index (κ1) is 11.4. The quantitative estimate of drug-likeness (QED) is 0.849. The van der Waals surface area contributed by atoms with Crippen LogP contribution in [0.4, 0.5) is 0 Å². The van der Waals surface area contributed by atoms with Crippen molar-refractivity contribution in [3.8, 4) is 5.88 Å². The minimum atomic E-state index is 0.451. The Morgan fingerprint density at radius 1 is 1.56 bits per heavy atom. The zero-order valence-electron chi connectivity index (χ0n) is 10.3. The van der Waals surface area contributed by atoms with Gasteiger partial charge in [-0.15, -0.1) is 0 Å². The number of methoxy groups -OCH3 is 1. The molecule has 0 bridgehead atoms. The third-order valence-electron chi connectivity index (χ3n) is 3.41. The van der Waals surface area contributed by atoms with E-state index in [1.165, 1.54) is 17.5 Å². The summed E-state index contributed by atoms with van der Waals surface area (Å²) in [6.45, 7) is 5.46. The van der Waals surface area contributed by atoms with Gasteiger partial charge in [-0.05, 0) is 36.4 Å². The second kappa shape index (κ2) is 4.83. The number of hydrogen-bond acceptors (Lipinski definition) is 3. The highest BCUT2D eigenvalue weighted by Crippen LogP contribution is 2.34. The lowest BCUT2D eigenvalue weighted by molar-refractivity contribution is 0.345. The fraction of sp³-hybridized carbons (Fsp3) is 0.615. The van der Waals surface area contributed by atoms with Gasteiger partial charge < -0.3 is 10.1 Å². The maximum absolute atomic E-state index is 5.17. The van der Waals surface area contributed by atoms with E-state index in [2.05, 4.69) is 30.2 Å². The molecule has 2 atom stereocenters. The SMILES string of the molecule is CCNC1c2cnc(OC)cc2CCC1C. The normalized spacial score (nSPS) is 23.9. The Morgan fingerprint density at radius 3 is 3.06 bits per heavy atom. The smallest absolute Gasteiger partial charge is 0.213 e. The van der Waals surface area contributed by atoms with Crippen LogP contribution in [0.3, 0.4) is 0 Å². The topological polar surface area (TPSA) is 34.2 Å². The number of hydrogen-bond donors (Lipinski definition) is 1. The molecule has 1 heterocycles. The van der Waals surface area contributed by atoms with Gasteiger partial charge in [-0.1, -0.05) is 13.8 Å². The minimum Gasteiger partial charge on any atom is -0.481 e. The summed E-state index contributed by atoms with van der Waals surface area (Å²) in [6.07, 6.45) is 4.34. The van der Waals surface area contributed by atoms with Crippen molar-refractivity contribution in [2.24, 2.45) is 5.92 Å². The molecule has 0 spiro atoms. The molecule has 0 saturated carbocycles. The molecule has 1 aromatic rings. The van der Waals surface area contributed by atoms with E-state index in [0.29, 0.717) is 12.0 Å². The lowest BCUT2D eigenvalue weighted by Gasteiger charge is -2.31. The monoisotopic (exact) mass is 220 g/mol. The van der Waals surface area contributed by atoms with Crippen LogP contribution in [-0.4, -0.2) is 18.6 Å². The Bertz CT molecular complexity index is 365. The first-order valence-corrected chi connectivity index (χ1v) is 6.02. The van der Waals surface area contributed by atoms with Crippen LogP contribution in [0.15, 0.2) is 12.3 Å². The number of ether oxygens (including phenoxy) is 1. The summed E-state index contributed by atoms with van der Waals surface area (Å²) in [7, 11) is 1.67. The number of nitrogens with one attached hydrogen (secondary N) is 1. The van der Waals surface area contributed by atoms with Gasteiger partial charge in [-0.25, -0.2) is 4.98 Å². The Hall–Kier alpha value is -1.09.